The third-order valence-corrected chi connectivity index (χ3v) is 3.32. The van der Waals surface area contributed by atoms with Gasteiger partial charge in [-0.2, -0.15) is 5.26 Å². The fourth-order valence-corrected chi connectivity index (χ4v) is 2.23. The largest absolute Gasteiger partial charge is 0.397 e. The third kappa shape index (κ3) is 2.99. The van der Waals surface area contributed by atoms with E-state index in [0.717, 1.165) is 10.8 Å². The molecule has 1 heterocycles. The van der Waals surface area contributed by atoms with Gasteiger partial charge in [-0.15, -0.1) is 0 Å². The predicted molar refractivity (Wildman–Crippen MR) is 69.4 cm³/mol. The molecule has 2 aromatic rings. The summed E-state index contributed by atoms with van der Waals surface area (Å²) >= 11 is 1.57. The Morgan fingerprint density at radius 2 is 2.06 bits per heavy atom. The summed E-state index contributed by atoms with van der Waals surface area (Å²) in [6.45, 7) is 0. The molecule has 0 aliphatic carbocycles. The van der Waals surface area contributed by atoms with Gasteiger partial charge in [0.25, 0.3) is 0 Å². The molecule has 0 aliphatic rings. The smallest absolute Gasteiger partial charge is 0.119 e. The molecule has 0 amide bonds. The summed E-state index contributed by atoms with van der Waals surface area (Å²) < 4.78 is 0. The van der Waals surface area contributed by atoms with Gasteiger partial charge < -0.3 is 5.73 Å². The average molecular weight is 241 g/mol. The van der Waals surface area contributed by atoms with Crippen LogP contribution in [0.25, 0.3) is 0 Å². The van der Waals surface area contributed by atoms with E-state index in [4.69, 9.17) is 11.0 Å². The van der Waals surface area contributed by atoms with Crippen LogP contribution >= 0.6 is 11.8 Å². The maximum Gasteiger partial charge on any atom is 0.119 e. The van der Waals surface area contributed by atoms with Gasteiger partial charge in [0.1, 0.15) is 11.1 Å². The normalized spacial score (nSPS) is 9.82. The van der Waals surface area contributed by atoms with Crippen LogP contribution in [0.4, 0.5) is 5.69 Å². The van der Waals surface area contributed by atoms with Crippen molar-refractivity contribution >= 4 is 17.4 Å². The minimum Gasteiger partial charge on any atom is -0.397 e. The number of nitrogens with zero attached hydrogens (tertiary/aromatic N) is 2. The first-order valence-corrected chi connectivity index (χ1v) is 6.10. The second-order valence-electron chi connectivity index (χ2n) is 3.50. The van der Waals surface area contributed by atoms with Crippen LogP contribution in [0.3, 0.4) is 0 Å². The van der Waals surface area contributed by atoms with Gasteiger partial charge >= 0.3 is 0 Å². The lowest BCUT2D eigenvalue weighted by molar-refractivity contribution is 1.13. The van der Waals surface area contributed by atoms with E-state index < -0.39 is 0 Å². The molecule has 1 aromatic heterocycles. The van der Waals surface area contributed by atoms with Gasteiger partial charge in [0.15, 0.2) is 0 Å². The Morgan fingerprint density at radius 1 is 1.29 bits per heavy atom. The zero-order chi connectivity index (χ0) is 12.1. The number of benzene rings is 1. The fourth-order valence-electron chi connectivity index (χ4n) is 1.38. The SMILES string of the molecule is N#Cc1cnc(SCc2ccccc2)c(N)c1. The van der Waals surface area contributed by atoms with Gasteiger partial charge in [0, 0.05) is 11.9 Å². The van der Waals surface area contributed by atoms with Crippen LogP contribution in [0.1, 0.15) is 11.1 Å². The van der Waals surface area contributed by atoms with E-state index in [1.807, 2.05) is 24.3 Å². The Morgan fingerprint density at radius 3 is 2.71 bits per heavy atom. The molecule has 0 aliphatic heterocycles. The minimum atomic E-state index is 0.492. The summed E-state index contributed by atoms with van der Waals surface area (Å²) in [5.41, 5.74) is 8.10. The lowest BCUT2D eigenvalue weighted by Gasteiger charge is -2.04. The molecule has 0 radical (unpaired) electrons. The molecule has 17 heavy (non-hydrogen) atoms. The zero-order valence-corrected chi connectivity index (χ0v) is 9.95. The Balaban J connectivity index is 2.08. The molecular weight excluding hydrogens is 230 g/mol. The minimum absolute atomic E-state index is 0.492. The molecule has 0 bridgehead atoms. The van der Waals surface area contributed by atoms with E-state index in [-0.39, 0.29) is 0 Å². The van der Waals surface area contributed by atoms with Gasteiger partial charge in [-0.25, -0.2) is 4.98 Å². The van der Waals surface area contributed by atoms with Crippen molar-refractivity contribution in [1.29, 1.82) is 5.26 Å². The fraction of sp³-hybridized carbons (Fsp3) is 0.0769. The number of rotatable bonds is 3. The monoisotopic (exact) mass is 241 g/mol. The molecule has 0 saturated heterocycles. The highest BCUT2D eigenvalue weighted by Crippen LogP contribution is 2.26. The van der Waals surface area contributed by atoms with Crippen molar-refractivity contribution < 1.29 is 0 Å². The molecule has 4 heteroatoms. The van der Waals surface area contributed by atoms with Gasteiger partial charge in [0.2, 0.25) is 0 Å². The highest BCUT2D eigenvalue weighted by atomic mass is 32.2. The van der Waals surface area contributed by atoms with Crippen LogP contribution in [0.5, 0.6) is 0 Å². The van der Waals surface area contributed by atoms with Crippen LogP contribution in [0.15, 0.2) is 47.6 Å². The van der Waals surface area contributed by atoms with Crippen molar-refractivity contribution in [1.82, 2.24) is 4.98 Å². The van der Waals surface area contributed by atoms with E-state index in [9.17, 15) is 0 Å². The second-order valence-corrected chi connectivity index (χ2v) is 4.47. The summed E-state index contributed by atoms with van der Waals surface area (Å²) in [4.78, 5) is 4.18. The van der Waals surface area contributed by atoms with Gasteiger partial charge in [-0.1, -0.05) is 42.1 Å². The zero-order valence-electron chi connectivity index (χ0n) is 9.13. The van der Waals surface area contributed by atoms with Crippen LogP contribution in [-0.4, -0.2) is 4.98 Å². The predicted octanol–water partition coefficient (Wildman–Crippen LogP) is 2.83. The van der Waals surface area contributed by atoms with Crippen LogP contribution in [0, 0.1) is 11.3 Å². The van der Waals surface area contributed by atoms with E-state index in [1.54, 1.807) is 24.0 Å². The van der Waals surface area contributed by atoms with Crippen molar-refractivity contribution in [3.63, 3.8) is 0 Å². The number of hydrogen-bond acceptors (Lipinski definition) is 4. The molecule has 2 rings (SSSR count). The average Bonchev–Trinajstić information content (AvgIpc) is 2.38. The maximum atomic E-state index is 8.71. The van der Waals surface area contributed by atoms with E-state index in [0.29, 0.717) is 11.3 Å². The van der Waals surface area contributed by atoms with Crippen molar-refractivity contribution in [3.05, 3.63) is 53.7 Å². The molecule has 3 nitrogen and oxygen atoms in total. The second kappa shape index (κ2) is 5.37. The van der Waals surface area contributed by atoms with Gasteiger partial charge in [-0.05, 0) is 11.6 Å². The first kappa shape index (κ1) is 11.5. The quantitative estimate of drug-likeness (QED) is 0.839. The third-order valence-electron chi connectivity index (χ3n) is 2.23. The number of nitrogen functional groups attached to an aromatic ring is 1. The van der Waals surface area contributed by atoms with Gasteiger partial charge in [-0.3, -0.25) is 0 Å². The van der Waals surface area contributed by atoms with Crippen molar-refractivity contribution in [2.45, 2.75) is 10.8 Å². The molecule has 0 fully saturated rings. The molecule has 0 atom stereocenters. The van der Waals surface area contributed by atoms with Crippen LogP contribution < -0.4 is 5.73 Å². The molecule has 2 N–H and O–H groups in total. The highest BCUT2D eigenvalue weighted by molar-refractivity contribution is 7.98. The Hall–Kier alpha value is -1.99. The summed E-state index contributed by atoms with van der Waals surface area (Å²) in [6.07, 6.45) is 1.55. The number of nitriles is 1. The number of pyridine rings is 1. The number of thioether (sulfide) groups is 1. The summed E-state index contributed by atoms with van der Waals surface area (Å²) in [7, 11) is 0. The maximum absolute atomic E-state index is 8.71. The summed E-state index contributed by atoms with van der Waals surface area (Å²) in [5.74, 6) is 0.823. The first-order valence-electron chi connectivity index (χ1n) is 5.12. The van der Waals surface area contributed by atoms with Crippen LogP contribution in [-0.2, 0) is 5.75 Å². The Bertz CT molecular complexity index is 546. The molecule has 1 aromatic carbocycles. The van der Waals surface area contributed by atoms with E-state index in [2.05, 4.69) is 17.1 Å². The number of anilines is 1. The number of hydrogen-bond donors (Lipinski definition) is 1. The lowest BCUT2D eigenvalue weighted by Crippen LogP contribution is -1.93. The van der Waals surface area contributed by atoms with Crippen molar-refractivity contribution in [2.24, 2.45) is 0 Å². The number of nitrogens with two attached hydrogens (primary N) is 1. The molecule has 84 valence electrons. The van der Waals surface area contributed by atoms with Crippen LogP contribution in [0.2, 0.25) is 0 Å². The lowest BCUT2D eigenvalue weighted by atomic mass is 10.2. The Labute approximate surface area is 104 Å². The van der Waals surface area contributed by atoms with Gasteiger partial charge in [0.05, 0.1) is 11.3 Å². The van der Waals surface area contributed by atoms with Crippen molar-refractivity contribution in [3.8, 4) is 6.07 Å². The first-order chi connectivity index (χ1) is 8.29. The summed E-state index contributed by atoms with van der Waals surface area (Å²) in [5, 5.41) is 9.48. The van der Waals surface area contributed by atoms with E-state index >= 15 is 0 Å². The highest BCUT2D eigenvalue weighted by Gasteiger charge is 2.03. The molecular formula is C13H11N3S. The van der Waals surface area contributed by atoms with Crippen molar-refractivity contribution in [2.75, 3.05) is 5.73 Å². The molecule has 0 saturated carbocycles. The Kier molecular flexibility index (Phi) is 3.63. The summed E-state index contributed by atoms with van der Waals surface area (Å²) in [6, 6.07) is 13.8. The topological polar surface area (TPSA) is 62.7 Å². The molecule has 0 unspecified atom stereocenters. The number of aromatic nitrogens is 1. The standard InChI is InChI=1S/C13H11N3S/c14-7-11-6-12(15)13(16-8-11)17-9-10-4-2-1-3-5-10/h1-6,8H,9,15H2. The molecule has 0 spiro atoms. The van der Waals surface area contributed by atoms with E-state index in [1.165, 1.54) is 5.56 Å².